The molecule has 7 heteroatoms. The number of hydrogen-bond donors (Lipinski definition) is 0. The van der Waals surface area contributed by atoms with Crippen LogP contribution >= 0.6 is 11.3 Å². The van der Waals surface area contributed by atoms with Gasteiger partial charge >= 0.3 is 12.2 Å². The highest BCUT2D eigenvalue weighted by atomic mass is 32.1. The minimum Gasteiger partial charge on any atom is -0.450 e. The molecule has 1 aromatic rings. The zero-order chi connectivity index (χ0) is 15.7. The van der Waals surface area contributed by atoms with Gasteiger partial charge in [0, 0.05) is 24.9 Å². The number of amides is 1. The molecule has 118 valence electrons. The Bertz CT molecular complexity index is 435. The fourth-order valence-corrected chi connectivity index (χ4v) is 2.43. The summed E-state index contributed by atoms with van der Waals surface area (Å²) in [5, 5.41) is 1.91. The third kappa shape index (κ3) is 6.03. The molecule has 0 aliphatic heterocycles. The molecule has 0 unspecified atom stereocenters. The standard InChI is InChI=1S/C14H21NO5S/c1-4-18-13(16)15(3)9-8-11(12-7-6-10-21-12)20-14(17)19-5-2/h6-7,10-11H,4-5,8-9H2,1-3H3/t11-/m1/s1. The average molecular weight is 315 g/mol. The summed E-state index contributed by atoms with van der Waals surface area (Å²) < 4.78 is 15.0. The van der Waals surface area contributed by atoms with Crippen molar-refractivity contribution in [1.29, 1.82) is 0 Å². The molecule has 6 nitrogen and oxygen atoms in total. The van der Waals surface area contributed by atoms with E-state index in [4.69, 9.17) is 14.2 Å². The largest absolute Gasteiger partial charge is 0.508 e. The molecule has 0 bridgehead atoms. The quantitative estimate of drug-likeness (QED) is 0.721. The Morgan fingerprint density at radius 2 is 2.00 bits per heavy atom. The lowest BCUT2D eigenvalue weighted by atomic mass is 10.2. The molecule has 0 spiro atoms. The zero-order valence-electron chi connectivity index (χ0n) is 12.5. The van der Waals surface area contributed by atoms with Gasteiger partial charge < -0.3 is 19.1 Å². The number of ether oxygens (including phenoxy) is 3. The van der Waals surface area contributed by atoms with E-state index in [1.165, 1.54) is 16.2 Å². The van der Waals surface area contributed by atoms with E-state index < -0.39 is 18.4 Å². The minimum absolute atomic E-state index is 0.263. The van der Waals surface area contributed by atoms with Gasteiger partial charge in [-0.05, 0) is 25.3 Å². The van der Waals surface area contributed by atoms with Crippen LogP contribution in [0.1, 0.15) is 31.2 Å². The van der Waals surface area contributed by atoms with Gasteiger partial charge in [0.15, 0.2) is 0 Å². The summed E-state index contributed by atoms with van der Waals surface area (Å²) in [6.07, 6.45) is -1.04. The molecule has 21 heavy (non-hydrogen) atoms. The summed E-state index contributed by atoms with van der Waals surface area (Å²) in [5.74, 6) is 0. The predicted molar refractivity (Wildman–Crippen MR) is 79.4 cm³/mol. The molecule has 0 aromatic carbocycles. The van der Waals surface area contributed by atoms with Crippen LogP contribution in [0.15, 0.2) is 17.5 Å². The molecule has 0 saturated heterocycles. The zero-order valence-corrected chi connectivity index (χ0v) is 13.4. The number of nitrogens with zero attached hydrogens (tertiary/aromatic N) is 1. The summed E-state index contributed by atoms with van der Waals surface area (Å²) in [7, 11) is 1.65. The molecule has 1 aromatic heterocycles. The van der Waals surface area contributed by atoms with Crippen molar-refractivity contribution in [3.05, 3.63) is 22.4 Å². The summed E-state index contributed by atoms with van der Waals surface area (Å²) in [6.45, 7) is 4.48. The van der Waals surface area contributed by atoms with Gasteiger partial charge in [-0.3, -0.25) is 0 Å². The highest BCUT2D eigenvalue weighted by Crippen LogP contribution is 2.26. The minimum atomic E-state index is -0.699. The maximum absolute atomic E-state index is 11.5. The van der Waals surface area contributed by atoms with E-state index in [2.05, 4.69) is 0 Å². The van der Waals surface area contributed by atoms with Crippen LogP contribution in [0.2, 0.25) is 0 Å². The van der Waals surface area contributed by atoms with E-state index in [1.807, 2.05) is 17.5 Å². The van der Waals surface area contributed by atoms with Crippen LogP contribution in [0, 0.1) is 0 Å². The molecule has 1 heterocycles. The Morgan fingerprint density at radius 1 is 1.29 bits per heavy atom. The first-order valence-electron chi connectivity index (χ1n) is 6.83. The summed E-state index contributed by atoms with van der Waals surface area (Å²) in [5.41, 5.74) is 0. The van der Waals surface area contributed by atoms with Crippen LogP contribution in [0.25, 0.3) is 0 Å². The Hall–Kier alpha value is -1.76. The van der Waals surface area contributed by atoms with Crippen molar-refractivity contribution in [1.82, 2.24) is 4.90 Å². The van der Waals surface area contributed by atoms with Gasteiger partial charge in [0.25, 0.3) is 0 Å². The highest BCUT2D eigenvalue weighted by Gasteiger charge is 2.20. The number of carbonyl (C=O) groups is 2. The SMILES string of the molecule is CCOC(=O)O[C@H](CCN(C)C(=O)OCC)c1cccs1. The van der Waals surface area contributed by atoms with Gasteiger partial charge in [-0.2, -0.15) is 0 Å². The average Bonchev–Trinajstić information content (AvgIpc) is 2.97. The lowest BCUT2D eigenvalue weighted by Crippen LogP contribution is -2.29. The summed E-state index contributed by atoms with van der Waals surface area (Å²) in [6, 6.07) is 3.77. The molecule has 1 amide bonds. The molecule has 0 radical (unpaired) electrons. The van der Waals surface area contributed by atoms with Gasteiger partial charge in [-0.1, -0.05) is 6.07 Å². The maximum Gasteiger partial charge on any atom is 0.508 e. The number of thiophene rings is 1. The van der Waals surface area contributed by atoms with E-state index in [9.17, 15) is 9.59 Å². The Kier molecular flexibility index (Phi) is 7.60. The van der Waals surface area contributed by atoms with E-state index in [1.54, 1.807) is 20.9 Å². The van der Waals surface area contributed by atoms with Crippen molar-refractivity contribution < 1.29 is 23.8 Å². The monoisotopic (exact) mass is 315 g/mol. The molecular formula is C14H21NO5S. The molecule has 0 fully saturated rings. The fraction of sp³-hybridized carbons (Fsp3) is 0.571. The third-order valence-electron chi connectivity index (χ3n) is 2.67. The van der Waals surface area contributed by atoms with Gasteiger partial charge in [-0.15, -0.1) is 11.3 Å². The Labute approximate surface area is 128 Å². The first-order chi connectivity index (χ1) is 10.1. The molecule has 1 rings (SSSR count). The fourth-order valence-electron chi connectivity index (χ4n) is 1.64. The Morgan fingerprint density at radius 3 is 2.57 bits per heavy atom. The van der Waals surface area contributed by atoms with Gasteiger partial charge in [-0.25, -0.2) is 9.59 Å². The molecular weight excluding hydrogens is 294 g/mol. The van der Waals surface area contributed by atoms with Crippen molar-refractivity contribution in [3.8, 4) is 0 Å². The second kappa shape index (κ2) is 9.23. The van der Waals surface area contributed by atoms with E-state index in [-0.39, 0.29) is 6.61 Å². The van der Waals surface area contributed by atoms with Gasteiger partial charge in [0.1, 0.15) is 6.10 Å². The number of rotatable bonds is 7. The maximum atomic E-state index is 11.5. The second-order valence-electron chi connectivity index (χ2n) is 4.21. The van der Waals surface area contributed by atoms with Crippen LogP contribution in [-0.2, 0) is 14.2 Å². The van der Waals surface area contributed by atoms with Crippen molar-refractivity contribution in [2.75, 3.05) is 26.8 Å². The molecule has 0 aliphatic rings. The normalized spacial score (nSPS) is 11.6. The summed E-state index contributed by atoms with van der Waals surface area (Å²) in [4.78, 5) is 25.4. The van der Waals surface area contributed by atoms with Crippen molar-refractivity contribution in [2.45, 2.75) is 26.4 Å². The van der Waals surface area contributed by atoms with Crippen molar-refractivity contribution in [3.63, 3.8) is 0 Å². The van der Waals surface area contributed by atoms with Crippen LogP contribution in [0.4, 0.5) is 9.59 Å². The highest BCUT2D eigenvalue weighted by molar-refractivity contribution is 7.10. The second-order valence-corrected chi connectivity index (χ2v) is 5.19. The molecule has 1 atom stereocenters. The van der Waals surface area contributed by atoms with Gasteiger partial charge in [0.2, 0.25) is 0 Å². The smallest absolute Gasteiger partial charge is 0.450 e. The molecule has 0 saturated carbocycles. The Balaban J connectivity index is 2.57. The summed E-state index contributed by atoms with van der Waals surface area (Å²) >= 11 is 1.49. The van der Waals surface area contributed by atoms with E-state index in [0.29, 0.717) is 19.6 Å². The lowest BCUT2D eigenvalue weighted by molar-refractivity contribution is 0.0210. The molecule has 0 aliphatic carbocycles. The van der Waals surface area contributed by atoms with Crippen LogP contribution < -0.4 is 0 Å². The van der Waals surface area contributed by atoms with Crippen LogP contribution in [0.3, 0.4) is 0 Å². The van der Waals surface area contributed by atoms with Crippen LogP contribution in [-0.4, -0.2) is 44.0 Å². The van der Waals surface area contributed by atoms with Crippen molar-refractivity contribution in [2.24, 2.45) is 0 Å². The van der Waals surface area contributed by atoms with Crippen LogP contribution in [0.5, 0.6) is 0 Å². The van der Waals surface area contributed by atoms with E-state index >= 15 is 0 Å². The van der Waals surface area contributed by atoms with E-state index in [0.717, 1.165) is 4.88 Å². The molecule has 0 N–H and O–H groups in total. The number of hydrogen-bond acceptors (Lipinski definition) is 6. The van der Waals surface area contributed by atoms with Gasteiger partial charge in [0.05, 0.1) is 13.2 Å². The van der Waals surface area contributed by atoms with Crippen molar-refractivity contribution >= 4 is 23.6 Å². The predicted octanol–water partition coefficient (Wildman–Crippen LogP) is 3.44. The first-order valence-corrected chi connectivity index (χ1v) is 7.71. The lowest BCUT2D eigenvalue weighted by Gasteiger charge is -2.20. The topological polar surface area (TPSA) is 65.1 Å². The third-order valence-corrected chi connectivity index (χ3v) is 3.63. The first kappa shape index (κ1) is 17.3. The number of carbonyl (C=O) groups excluding carboxylic acids is 2.